The molecule has 0 unspecified atom stereocenters. The van der Waals surface area contributed by atoms with Crippen LogP contribution in [0.25, 0.3) is 16.7 Å². The van der Waals surface area contributed by atoms with Gasteiger partial charge in [0.05, 0.1) is 16.9 Å². The van der Waals surface area contributed by atoms with Gasteiger partial charge in [0, 0.05) is 32.0 Å². The third-order valence-electron chi connectivity index (χ3n) is 5.81. The summed E-state index contributed by atoms with van der Waals surface area (Å²) >= 11 is 0. The molecule has 0 radical (unpaired) electrons. The molecule has 0 saturated carbocycles. The number of carbonyl (C=O) groups excluding carboxylic acids is 2. The van der Waals surface area contributed by atoms with Gasteiger partial charge in [0.25, 0.3) is 17.2 Å². The minimum atomic E-state index is -0.868. The number of rotatable bonds is 12. The Morgan fingerprint density at radius 2 is 2.00 bits per heavy atom. The van der Waals surface area contributed by atoms with Crippen LogP contribution in [0.1, 0.15) is 42.6 Å². The first-order chi connectivity index (χ1) is 19.2. The van der Waals surface area contributed by atoms with Crippen molar-refractivity contribution in [2.45, 2.75) is 40.2 Å². The van der Waals surface area contributed by atoms with Crippen molar-refractivity contribution in [1.29, 1.82) is 0 Å². The molecule has 1 amide bonds. The molecular formula is C28H31N5O7. The molecule has 0 saturated heterocycles. The lowest BCUT2D eigenvalue weighted by molar-refractivity contribution is -0.426. The quantitative estimate of drug-likeness (QED) is 0.0835. The second kappa shape index (κ2) is 13.9. The maximum absolute atomic E-state index is 13.5. The van der Waals surface area contributed by atoms with E-state index in [0.29, 0.717) is 25.3 Å². The number of carbonyl (C=O) groups is 2. The van der Waals surface area contributed by atoms with Crippen LogP contribution in [0.3, 0.4) is 0 Å². The number of nitro groups is 1. The van der Waals surface area contributed by atoms with Crippen molar-refractivity contribution in [1.82, 2.24) is 14.0 Å². The Morgan fingerprint density at radius 3 is 2.67 bits per heavy atom. The lowest BCUT2D eigenvalue weighted by Crippen LogP contribution is -2.33. The smallest absolute Gasteiger partial charge is 0.341 e. The summed E-state index contributed by atoms with van der Waals surface area (Å²) < 4.78 is 13.5. The highest BCUT2D eigenvalue weighted by atomic mass is 16.6. The van der Waals surface area contributed by atoms with Crippen molar-refractivity contribution in [2.75, 3.05) is 19.8 Å². The Balaban J connectivity index is 2.36. The van der Waals surface area contributed by atoms with E-state index in [4.69, 9.17) is 14.5 Å². The molecule has 3 heterocycles. The van der Waals surface area contributed by atoms with Crippen LogP contribution in [0, 0.1) is 17.0 Å². The number of hydrogen-bond donors (Lipinski definition) is 0. The van der Waals surface area contributed by atoms with Gasteiger partial charge in [0.15, 0.2) is 5.49 Å². The second-order valence-electron chi connectivity index (χ2n) is 8.56. The Morgan fingerprint density at radius 1 is 1.23 bits per heavy atom. The zero-order valence-electron chi connectivity index (χ0n) is 22.7. The molecule has 0 bridgehead atoms. The Kier molecular flexibility index (Phi) is 10.4. The van der Waals surface area contributed by atoms with E-state index in [1.807, 2.05) is 6.92 Å². The number of amides is 1. The van der Waals surface area contributed by atoms with E-state index in [9.17, 15) is 24.5 Å². The Labute approximate surface area is 229 Å². The standard InChI is InChI=1S/C28H31N5O7/c1-5-8-9-13-20(33(37)38)17-23(34)29-26-22(28(36)40-7-3)18-21-25(31(26)15-11-16-39-6-2)30-24-19(4)12-10-14-32(24)27(21)35/h5,8-10,12-14,18H,1,6-7,11,15-17H2,2-4H3/b9-8+,20-13-,29-26?. The maximum Gasteiger partial charge on any atom is 0.341 e. The summed E-state index contributed by atoms with van der Waals surface area (Å²) in [5.41, 5.74) is 0.274. The summed E-state index contributed by atoms with van der Waals surface area (Å²) in [6, 6.07) is 4.83. The van der Waals surface area contributed by atoms with Gasteiger partial charge in [0.1, 0.15) is 23.3 Å². The summed E-state index contributed by atoms with van der Waals surface area (Å²) in [5, 5.41) is 11.6. The summed E-state index contributed by atoms with van der Waals surface area (Å²) in [4.78, 5) is 59.3. The molecule has 0 aliphatic carbocycles. The number of aromatic nitrogens is 3. The van der Waals surface area contributed by atoms with Crippen LogP contribution in [0.15, 0.2) is 70.8 Å². The summed E-state index contributed by atoms with van der Waals surface area (Å²) in [7, 11) is 0. The minimum Gasteiger partial charge on any atom is -0.462 e. The van der Waals surface area contributed by atoms with Crippen LogP contribution < -0.4 is 11.0 Å². The molecule has 0 aromatic carbocycles. The fourth-order valence-corrected chi connectivity index (χ4v) is 3.99. The number of esters is 1. The van der Waals surface area contributed by atoms with E-state index in [1.165, 1.54) is 39.3 Å². The van der Waals surface area contributed by atoms with Crippen molar-refractivity contribution in [2.24, 2.45) is 4.99 Å². The molecule has 12 heteroatoms. The van der Waals surface area contributed by atoms with Gasteiger partial charge in [-0.3, -0.25) is 24.1 Å². The number of pyridine rings is 2. The highest BCUT2D eigenvalue weighted by Crippen LogP contribution is 2.14. The topological polar surface area (TPSA) is 147 Å². The van der Waals surface area contributed by atoms with Gasteiger partial charge in [-0.25, -0.2) is 9.78 Å². The fraction of sp³-hybridized carbons (Fsp3) is 0.321. The number of hydrogen-bond acceptors (Lipinski definition) is 8. The van der Waals surface area contributed by atoms with Gasteiger partial charge >= 0.3 is 5.97 Å². The molecule has 40 heavy (non-hydrogen) atoms. The van der Waals surface area contributed by atoms with Crippen molar-refractivity contribution in [3.05, 3.63) is 98.1 Å². The Bertz CT molecular complexity index is 1650. The first-order valence-corrected chi connectivity index (χ1v) is 12.7. The van der Waals surface area contributed by atoms with E-state index in [-0.39, 0.29) is 35.2 Å². The van der Waals surface area contributed by atoms with Gasteiger partial charge in [-0.1, -0.05) is 30.9 Å². The number of allylic oxidation sites excluding steroid dienone is 4. The lowest BCUT2D eigenvalue weighted by atomic mass is 10.2. The average molecular weight is 550 g/mol. The van der Waals surface area contributed by atoms with Gasteiger partial charge in [-0.2, -0.15) is 4.99 Å². The van der Waals surface area contributed by atoms with Gasteiger partial charge in [0.2, 0.25) is 0 Å². The van der Waals surface area contributed by atoms with Crippen LogP contribution in [-0.2, 0) is 20.8 Å². The van der Waals surface area contributed by atoms with Crippen molar-refractivity contribution < 1.29 is 24.0 Å². The summed E-state index contributed by atoms with van der Waals surface area (Å²) in [6.45, 7) is 9.85. The highest BCUT2D eigenvalue weighted by Gasteiger charge is 2.22. The molecular weight excluding hydrogens is 518 g/mol. The molecule has 0 atom stereocenters. The molecule has 0 fully saturated rings. The van der Waals surface area contributed by atoms with Crippen LogP contribution >= 0.6 is 0 Å². The van der Waals surface area contributed by atoms with Gasteiger partial charge in [-0.05, 0) is 44.9 Å². The van der Waals surface area contributed by atoms with E-state index in [1.54, 1.807) is 32.2 Å². The molecule has 3 aromatic heterocycles. The zero-order chi connectivity index (χ0) is 29.2. The second-order valence-corrected chi connectivity index (χ2v) is 8.56. The van der Waals surface area contributed by atoms with Crippen LogP contribution in [-0.4, -0.2) is 50.6 Å². The number of aryl methyl sites for hydroxylation is 2. The molecule has 3 aromatic rings. The van der Waals surface area contributed by atoms with Crippen LogP contribution in [0.5, 0.6) is 0 Å². The van der Waals surface area contributed by atoms with Gasteiger partial charge < -0.3 is 14.0 Å². The normalized spacial score (nSPS) is 12.4. The van der Waals surface area contributed by atoms with E-state index >= 15 is 0 Å². The Hall–Kier alpha value is -4.71. The van der Waals surface area contributed by atoms with Crippen molar-refractivity contribution in [3.63, 3.8) is 0 Å². The fourth-order valence-electron chi connectivity index (χ4n) is 3.99. The van der Waals surface area contributed by atoms with Gasteiger partial charge in [-0.15, -0.1) is 0 Å². The predicted molar refractivity (Wildman–Crippen MR) is 148 cm³/mol. The molecule has 0 aliphatic heterocycles. The largest absolute Gasteiger partial charge is 0.462 e. The van der Waals surface area contributed by atoms with E-state index in [0.717, 1.165) is 5.56 Å². The SMILES string of the molecule is C=C/C=C/C=C(/CC(=O)N=c1c(C(=O)OCC)cc2c(=O)n3cccc(C)c3nc2n1CCCOCC)[N+](=O)[O-]. The van der Waals surface area contributed by atoms with Crippen LogP contribution in [0.2, 0.25) is 0 Å². The summed E-state index contributed by atoms with van der Waals surface area (Å²) in [5.74, 6) is -1.67. The third-order valence-corrected chi connectivity index (χ3v) is 5.81. The monoisotopic (exact) mass is 549 g/mol. The van der Waals surface area contributed by atoms with Crippen molar-refractivity contribution >= 4 is 28.6 Å². The summed E-state index contributed by atoms with van der Waals surface area (Å²) in [6.07, 6.45) is 6.86. The first-order valence-electron chi connectivity index (χ1n) is 12.7. The first kappa shape index (κ1) is 29.8. The van der Waals surface area contributed by atoms with E-state index in [2.05, 4.69) is 11.6 Å². The zero-order valence-corrected chi connectivity index (χ0v) is 22.7. The maximum atomic E-state index is 13.5. The number of fused-ring (bicyclic) bond motifs is 2. The molecule has 0 aliphatic rings. The molecule has 12 nitrogen and oxygen atoms in total. The predicted octanol–water partition coefficient (Wildman–Crippen LogP) is 3.28. The van der Waals surface area contributed by atoms with Crippen LogP contribution in [0.4, 0.5) is 0 Å². The minimum absolute atomic E-state index is 0.0343. The molecule has 0 N–H and O–H groups in total. The molecule has 3 rings (SSSR count). The van der Waals surface area contributed by atoms with Crippen molar-refractivity contribution in [3.8, 4) is 0 Å². The van der Waals surface area contributed by atoms with E-state index < -0.39 is 34.5 Å². The third kappa shape index (κ3) is 6.83. The highest BCUT2D eigenvalue weighted by molar-refractivity contribution is 5.94. The average Bonchev–Trinajstić information content (AvgIpc) is 2.92. The number of ether oxygens (including phenoxy) is 2. The number of nitrogens with zero attached hydrogens (tertiary/aromatic N) is 5. The lowest BCUT2D eigenvalue weighted by Gasteiger charge is -2.15. The molecule has 210 valence electrons. The molecule has 0 spiro atoms.